The van der Waals surface area contributed by atoms with Crippen molar-refractivity contribution in [3.63, 3.8) is 0 Å². The molecule has 0 bridgehead atoms. The van der Waals surface area contributed by atoms with Crippen molar-refractivity contribution in [2.75, 3.05) is 6.61 Å². The highest BCUT2D eigenvalue weighted by Crippen LogP contribution is 2.17. The van der Waals surface area contributed by atoms with E-state index in [1.165, 1.54) is 51.4 Å². The van der Waals surface area contributed by atoms with Crippen molar-refractivity contribution >= 4 is 0 Å². The molecule has 134 valence electrons. The van der Waals surface area contributed by atoms with Gasteiger partial charge in [0.1, 0.15) is 6.61 Å². The van der Waals surface area contributed by atoms with Gasteiger partial charge in [-0.1, -0.05) is 82.1 Å². The Bertz CT molecular complexity index is 467. The van der Waals surface area contributed by atoms with Gasteiger partial charge < -0.3 is 9.84 Å². The monoisotopic (exact) mass is 330 g/mol. The van der Waals surface area contributed by atoms with E-state index in [9.17, 15) is 0 Å². The van der Waals surface area contributed by atoms with E-state index in [2.05, 4.69) is 18.8 Å². The zero-order valence-electron chi connectivity index (χ0n) is 15.5. The van der Waals surface area contributed by atoms with Crippen molar-refractivity contribution in [1.82, 2.24) is 0 Å². The standard InChI is InChI=1S/C22H34O2/c1-3-4-5-6-7-8-9-10-11-12-13-18-24-20(2)22-16-14-21(19-23)15-17-22/h14-17,20,23H,3-11,18-19H2,1-2H3. The second kappa shape index (κ2) is 14.1. The molecule has 0 saturated heterocycles. The van der Waals surface area contributed by atoms with Crippen LogP contribution < -0.4 is 0 Å². The van der Waals surface area contributed by atoms with Crippen LogP contribution in [0.4, 0.5) is 0 Å². The molecule has 0 aliphatic rings. The molecule has 0 heterocycles. The van der Waals surface area contributed by atoms with E-state index in [1.54, 1.807) is 0 Å². The SMILES string of the molecule is CCCCCCCCCCC#CCOC(C)c1ccc(CO)cc1. The van der Waals surface area contributed by atoms with Crippen molar-refractivity contribution in [3.05, 3.63) is 35.4 Å². The molecule has 1 aromatic rings. The summed E-state index contributed by atoms with van der Waals surface area (Å²) in [7, 11) is 0. The fourth-order valence-corrected chi connectivity index (χ4v) is 2.64. The van der Waals surface area contributed by atoms with Crippen LogP contribution in [0.3, 0.4) is 0 Å². The average molecular weight is 331 g/mol. The summed E-state index contributed by atoms with van der Waals surface area (Å²) in [6, 6.07) is 7.88. The number of aliphatic hydroxyl groups is 1. The quantitative estimate of drug-likeness (QED) is 0.388. The molecular formula is C22H34O2. The van der Waals surface area contributed by atoms with Gasteiger partial charge in [0.25, 0.3) is 0 Å². The molecule has 1 atom stereocenters. The second-order valence-corrected chi connectivity index (χ2v) is 6.43. The maximum Gasteiger partial charge on any atom is 0.108 e. The third-order valence-corrected chi connectivity index (χ3v) is 4.32. The van der Waals surface area contributed by atoms with E-state index >= 15 is 0 Å². The first kappa shape index (κ1) is 20.7. The summed E-state index contributed by atoms with van der Waals surface area (Å²) >= 11 is 0. The topological polar surface area (TPSA) is 29.5 Å². The summed E-state index contributed by atoms with van der Waals surface area (Å²) in [5.74, 6) is 6.33. The van der Waals surface area contributed by atoms with E-state index in [0.29, 0.717) is 6.61 Å². The third kappa shape index (κ3) is 9.75. The van der Waals surface area contributed by atoms with Gasteiger partial charge in [-0.25, -0.2) is 0 Å². The number of benzene rings is 1. The normalized spacial score (nSPS) is 11.8. The van der Waals surface area contributed by atoms with Crippen molar-refractivity contribution < 1.29 is 9.84 Å². The molecule has 0 aliphatic heterocycles. The van der Waals surface area contributed by atoms with E-state index in [-0.39, 0.29) is 12.7 Å². The van der Waals surface area contributed by atoms with Crippen LogP contribution in [-0.2, 0) is 11.3 Å². The number of hydrogen-bond acceptors (Lipinski definition) is 2. The van der Waals surface area contributed by atoms with Gasteiger partial charge in [-0.05, 0) is 24.5 Å². The molecule has 1 rings (SSSR count). The van der Waals surface area contributed by atoms with Gasteiger partial charge in [-0.15, -0.1) is 5.92 Å². The van der Waals surface area contributed by atoms with Gasteiger partial charge in [0, 0.05) is 6.42 Å². The Morgan fingerprint density at radius 1 is 0.917 bits per heavy atom. The minimum Gasteiger partial charge on any atom is -0.392 e. The molecule has 1 N–H and O–H groups in total. The van der Waals surface area contributed by atoms with Crippen LogP contribution in [-0.4, -0.2) is 11.7 Å². The van der Waals surface area contributed by atoms with Crippen LogP contribution in [0, 0.1) is 11.8 Å². The molecule has 1 unspecified atom stereocenters. The number of ether oxygens (including phenoxy) is 1. The molecule has 2 heteroatoms. The Labute approximate surface area is 148 Å². The lowest BCUT2D eigenvalue weighted by atomic mass is 10.1. The maximum atomic E-state index is 9.04. The first-order chi connectivity index (χ1) is 11.8. The van der Waals surface area contributed by atoms with Crippen molar-refractivity contribution in [3.8, 4) is 11.8 Å². The highest BCUT2D eigenvalue weighted by molar-refractivity contribution is 5.23. The van der Waals surface area contributed by atoms with Crippen molar-refractivity contribution in [1.29, 1.82) is 0 Å². The molecule has 1 aromatic carbocycles. The summed E-state index contributed by atoms with van der Waals surface area (Å²) in [5.41, 5.74) is 2.05. The Morgan fingerprint density at radius 3 is 2.17 bits per heavy atom. The lowest BCUT2D eigenvalue weighted by Crippen LogP contribution is -2.00. The fourth-order valence-electron chi connectivity index (χ4n) is 2.64. The van der Waals surface area contributed by atoms with Crippen LogP contribution in [0.1, 0.15) is 88.9 Å². The lowest BCUT2D eigenvalue weighted by Gasteiger charge is -2.11. The van der Waals surface area contributed by atoms with Crippen LogP contribution in [0.5, 0.6) is 0 Å². The Balaban J connectivity index is 2.03. The van der Waals surface area contributed by atoms with Crippen LogP contribution in [0.2, 0.25) is 0 Å². The number of unbranched alkanes of at least 4 members (excludes halogenated alkanes) is 8. The molecule has 0 spiro atoms. The molecule has 0 radical (unpaired) electrons. The van der Waals surface area contributed by atoms with Crippen LogP contribution >= 0.6 is 0 Å². The van der Waals surface area contributed by atoms with Gasteiger partial charge in [0.05, 0.1) is 12.7 Å². The van der Waals surface area contributed by atoms with Gasteiger partial charge >= 0.3 is 0 Å². The van der Waals surface area contributed by atoms with Gasteiger partial charge in [0.2, 0.25) is 0 Å². The highest BCUT2D eigenvalue weighted by atomic mass is 16.5. The summed E-state index contributed by atoms with van der Waals surface area (Å²) in [4.78, 5) is 0. The van der Waals surface area contributed by atoms with Crippen LogP contribution in [0.15, 0.2) is 24.3 Å². The summed E-state index contributed by atoms with van der Waals surface area (Å²) < 4.78 is 5.75. The smallest absolute Gasteiger partial charge is 0.108 e. The first-order valence-electron chi connectivity index (χ1n) is 9.55. The molecule has 0 aromatic heterocycles. The van der Waals surface area contributed by atoms with Gasteiger partial charge in [-0.2, -0.15) is 0 Å². The predicted octanol–water partition coefficient (Wildman–Crippen LogP) is 5.79. The van der Waals surface area contributed by atoms with E-state index in [0.717, 1.165) is 17.5 Å². The Hall–Kier alpha value is -1.30. The summed E-state index contributed by atoms with van der Waals surface area (Å²) in [6.45, 7) is 4.86. The minimum absolute atomic E-state index is 0.0372. The van der Waals surface area contributed by atoms with Gasteiger partial charge in [-0.3, -0.25) is 0 Å². The number of rotatable bonds is 12. The third-order valence-electron chi connectivity index (χ3n) is 4.32. The maximum absolute atomic E-state index is 9.04. The average Bonchev–Trinajstić information content (AvgIpc) is 2.62. The van der Waals surface area contributed by atoms with Gasteiger partial charge in [0.15, 0.2) is 0 Å². The van der Waals surface area contributed by atoms with Crippen molar-refractivity contribution in [2.24, 2.45) is 0 Å². The minimum atomic E-state index is 0.0372. The van der Waals surface area contributed by atoms with Crippen LogP contribution in [0.25, 0.3) is 0 Å². The molecular weight excluding hydrogens is 296 g/mol. The molecule has 0 aliphatic carbocycles. The largest absolute Gasteiger partial charge is 0.392 e. The molecule has 0 fully saturated rings. The highest BCUT2D eigenvalue weighted by Gasteiger charge is 2.04. The van der Waals surface area contributed by atoms with E-state index in [4.69, 9.17) is 9.84 Å². The predicted molar refractivity (Wildman–Crippen MR) is 102 cm³/mol. The first-order valence-corrected chi connectivity index (χ1v) is 9.55. The number of hydrogen-bond donors (Lipinski definition) is 1. The van der Waals surface area contributed by atoms with Crippen molar-refractivity contribution in [2.45, 2.75) is 84.3 Å². The Morgan fingerprint density at radius 2 is 1.54 bits per heavy atom. The summed E-state index contributed by atoms with van der Waals surface area (Å²) in [5, 5.41) is 9.04. The number of aliphatic hydroxyl groups excluding tert-OH is 1. The fraction of sp³-hybridized carbons (Fsp3) is 0.636. The molecule has 2 nitrogen and oxygen atoms in total. The van der Waals surface area contributed by atoms with E-state index in [1.807, 2.05) is 31.2 Å². The molecule has 0 amide bonds. The second-order valence-electron chi connectivity index (χ2n) is 6.43. The lowest BCUT2D eigenvalue weighted by molar-refractivity contribution is 0.0925. The Kier molecular flexibility index (Phi) is 12.2. The zero-order chi connectivity index (χ0) is 17.5. The summed E-state index contributed by atoms with van der Waals surface area (Å²) in [6.07, 6.45) is 11.8. The molecule has 0 saturated carbocycles. The molecule has 24 heavy (non-hydrogen) atoms. The van der Waals surface area contributed by atoms with E-state index < -0.39 is 0 Å². The zero-order valence-corrected chi connectivity index (χ0v) is 15.5.